The van der Waals surface area contributed by atoms with Gasteiger partial charge in [-0.2, -0.15) is 0 Å². The molecule has 2 saturated carbocycles. The molecule has 18 heavy (non-hydrogen) atoms. The molecule has 2 aliphatic rings. The van der Waals surface area contributed by atoms with E-state index in [-0.39, 0.29) is 5.54 Å². The van der Waals surface area contributed by atoms with E-state index in [9.17, 15) is 0 Å². The van der Waals surface area contributed by atoms with Crippen LogP contribution in [0, 0.1) is 5.41 Å². The van der Waals surface area contributed by atoms with E-state index in [1.54, 1.807) is 0 Å². The molecule has 0 aliphatic heterocycles. The second-order valence-electron chi connectivity index (χ2n) is 6.91. The summed E-state index contributed by atoms with van der Waals surface area (Å²) in [4.78, 5) is 0. The molecular weight excluding hydrogens is 220 g/mol. The third-order valence-electron chi connectivity index (χ3n) is 5.56. The normalized spacial score (nSPS) is 26.3. The monoisotopic (exact) mass is 252 g/mol. The number of hydrogen-bond acceptors (Lipinski definition) is 2. The van der Waals surface area contributed by atoms with Crippen molar-refractivity contribution < 1.29 is 0 Å². The van der Waals surface area contributed by atoms with E-state index in [1.165, 1.54) is 77.2 Å². The molecular formula is C16H32N2. The molecule has 0 saturated heterocycles. The summed E-state index contributed by atoms with van der Waals surface area (Å²) in [5, 5.41) is 3.71. The van der Waals surface area contributed by atoms with Gasteiger partial charge in [-0.05, 0) is 50.5 Å². The van der Waals surface area contributed by atoms with E-state index in [2.05, 4.69) is 12.2 Å². The molecule has 106 valence electrons. The molecule has 0 unspecified atom stereocenters. The molecule has 2 heteroatoms. The maximum absolute atomic E-state index is 6.48. The summed E-state index contributed by atoms with van der Waals surface area (Å²) < 4.78 is 0. The van der Waals surface area contributed by atoms with Gasteiger partial charge in [-0.1, -0.05) is 39.0 Å². The first-order valence-electron chi connectivity index (χ1n) is 8.18. The third kappa shape index (κ3) is 3.71. The molecule has 0 aromatic rings. The Morgan fingerprint density at radius 1 is 0.944 bits per heavy atom. The fraction of sp³-hybridized carbons (Fsp3) is 1.00. The maximum Gasteiger partial charge on any atom is 0.0166 e. The van der Waals surface area contributed by atoms with Crippen LogP contribution in [0.25, 0.3) is 0 Å². The smallest absolute Gasteiger partial charge is 0.0166 e. The Bertz CT molecular complexity index is 237. The lowest BCUT2D eigenvalue weighted by Crippen LogP contribution is -2.44. The quantitative estimate of drug-likeness (QED) is 0.709. The van der Waals surface area contributed by atoms with Crippen LogP contribution >= 0.6 is 0 Å². The van der Waals surface area contributed by atoms with Crippen molar-refractivity contribution in [2.45, 2.75) is 83.1 Å². The first kappa shape index (κ1) is 14.3. The van der Waals surface area contributed by atoms with Gasteiger partial charge in [0.25, 0.3) is 0 Å². The van der Waals surface area contributed by atoms with Gasteiger partial charge in [0.2, 0.25) is 0 Å². The van der Waals surface area contributed by atoms with Gasteiger partial charge >= 0.3 is 0 Å². The van der Waals surface area contributed by atoms with Crippen LogP contribution in [0.1, 0.15) is 77.6 Å². The summed E-state index contributed by atoms with van der Waals surface area (Å²) in [7, 11) is 0. The van der Waals surface area contributed by atoms with Crippen molar-refractivity contribution in [2.24, 2.45) is 11.1 Å². The average molecular weight is 252 g/mol. The van der Waals surface area contributed by atoms with Crippen LogP contribution < -0.4 is 11.1 Å². The number of nitrogens with one attached hydrogen (secondary N) is 1. The molecule has 0 aromatic carbocycles. The van der Waals surface area contributed by atoms with Crippen LogP contribution in [0.3, 0.4) is 0 Å². The molecule has 2 rings (SSSR count). The third-order valence-corrected chi connectivity index (χ3v) is 5.56. The highest BCUT2D eigenvalue weighted by molar-refractivity contribution is 4.89. The van der Waals surface area contributed by atoms with Crippen molar-refractivity contribution in [1.82, 2.24) is 5.32 Å². The van der Waals surface area contributed by atoms with Gasteiger partial charge in [-0.25, -0.2) is 0 Å². The number of hydrogen-bond donors (Lipinski definition) is 2. The van der Waals surface area contributed by atoms with Crippen molar-refractivity contribution in [3.8, 4) is 0 Å². The van der Waals surface area contributed by atoms with E-state index in [1.807, 2.05) is 0 Å². The summed E-state index contributed by atoms with van der Waals surface area (Å²) >= 11 is 0. The lowest BCUT2D eigenvalue weighted by atomic mass is 9.80. The molecule has 0 bridgehead atoms. The molecule has 2 aliphatic carbocycles. The van der Waals surface area contributed by atoms with Gasteiger partial charge in [0.1, 0.15) is 0 Å². The van der Waals surface area contributed by atoms with Gasteiger partial charge < -0.3 is 11.1 Å². The molecule has 3 N–H and O–H groups in total. The fourth-order valence-electron chi connectivity index (χ4n) is 3.98. The molecule has 0 heterocycles. The highest BCUT2D eigenvalue weighted by atomic mass is 14.9. The van der Waals surface area contributed by atoms with E-state index >= 15 is 0 Å². The van der Waals surface area contributed by atoms with E-state index in [4.69, 9.17) is 5.73 Å². The zero-order valence-electron chi connectivity index (χ0n) is 12.3. The molecule has 0 amide bonds. The predicted molar refractivity (Wildman–Crippen MR) is 78.7 cm³/mol. The summed E-state index contributed by atoms with van der Waals surface area (Å²) in [5.74, 6) is 0. The molecule has 0 spiro atoms. The van der Waals surface area contributed by atoms with E-state index < -0.39 is 0 Å². The Morgan fingerprint density at radius 3 is 2.17 bits per heavy atom. The van der Waals surface area contributed by atoms with Crippen molar-refractivity contribution in [1.29, 1.82) is 0 Å². The summed E-state index contributed by atoms with van der Waals surface area (Å²) in [6.45, 7) is 4.70. The minimum absolute atomic E-state index is 0.153. The second kappa shape index (κ2) is 6.38. The molecule has 0 radical (unpaired) electrons. The fourth-order valence-corrected chi connectivity index (χ4v) is 3.98. The van der Waals surface area contributed by atoms with Gasteiger partial charge in [-0.15, -0.1) is 0 Å². The SMILES string of the molecule is CCC1(CNCCC2(N)CCCCC2)CCCC1. The van der Waals surface area contributed by atoms with Crippen LogP contribution in [0.2, 0.25) is 0 Å². The Balaban J connectivity index is 1.65. The first-order valence-corrected chi connectivity index (χ1v) is 8.18. The topological polar surface area (TPSA) is 38.0 Å². The van der Waals surface area contributed by atoms with Gasteiger partial charge in [0, 0.05) is 12.1 Å². The highest BCUT2D eigenvalue weighted by Gasteiger charge is 2.32. The van der Waals surface area contributed by atoms with Crippen LogP contribution in [0.5, 0.6) is 0 Å². The molecule has 0 aromatic heterocycles. The predicted octanol–water partition coefficient (Wildman–Crippen LogP) is 3.60. The van der Waals surface area contributed by atoms with Gasteiger partial charge in [0.05, 0.1) is 0 Å². The van der Waals surface area contributed by atoms with E-state index in [0.29, 0.717) is 5.41 Å². The Morgan fingerprint density at radius 2 is 1.56 bits per heavy atom. The van der Waals surface area contributed by atoms with Crippen LogP contribution in [-0.4, -0.2) is 18.6 Å². The van der Waals surface area contributed by atoms with Crippen molar-refractivity contribution in [3.63, 3.8) is 0 Å². The summed E-state index contributed by atoms with van der Waals surface area (Å²) in [6, 6.07) is 0. The lowest BCUT2D eigenvalue weighted by Gasteiger charge is -2.34. The van der Waals surface area contributed by atoms with Crippen LogP contribution in [-0.2, 0) is 0 Å². The van der Waals surface area contributed by atoms with Crippen LogP contribution in [0.4, 0.5) is 0 Å². The van der Waals surface area contributed by atoms with Crippen molar-refractivity contribution in [3.05, 3.63) is 0 Å². The minimum Gasteiger partial charge on any atom is -0.325 e. The molecule has 2 fully saturated rings. The van der Waals surface area contributed by atoms with Gasteiger partial charge in [0.15, 0.2) is 0 Å². The molecule has 2 nitrogen and oxygen atoms in total. The van der Waals surface area contributed by atoms with Gasteiger partial charge in [-0.3, -0.25) is 0 Å². The first-order chi connectivity index (χ1) is 8.68. The maximum atomic E-state index is 6.48. The molecule has 0 atom stereocenters. The summed E-state index contributed by atoms with van der Waals surface area (Å²) in [6.07, 6.45) is 14.8. The van der Waals surface area contributed by atoms with Crippen molar-refractivity contribution in [2.75, 3.05) is 13.1 Å². The zero-order chi connectivity index (χ0) is 12.9. The lowest BCUT2D eigenvalue weighted by molar-refractivity contribution is 0.245. The van der Waals surface area contributed by atoms with E-state index in [0.717, 1.165) is 6.54 Å². The zero-order valence-corrected chi connectivity index (χ0v) is 12.3. The average Bonchev–Trinajstić information content (AvgIpc) is 2.85. The Labute approximate surface area is 113 Å². The number of nitrogens with two attached hydrogens (primary N) is 1. The largest absolute Gasteiger partial charge is 0.325 e. The van der Waals surface area contributed by atoms with Crippen molar-refractivity contribution >= 4 is 0 Å². The Kier molecular flexibility index (Phi) is 5.08. The Hall–Kier alpha value is -0.0800. The highest BCUT2D eigenvalue weighted by Crippen LogP contribution is 2.40. The van der Waals surface area contributed by atoms with Crippen LogP contribution in [0.15, 0.2) is 0 Å². The number of rotatable bonds is 6. The second-order valence-corrected chi connectivity index (χ2v) is 6.91. The summed E-state index contributed by atoms with van der Waals surface area (Å²) in [5.41, 5.74) is 7.25. The standard InChI is InChI=1S/C16H32N2/c1-2-15(8-6-7-9-15)14-18-13-12-16(17)10-4-3-5-11-16/h18H,2-14,17H2,1H3. The minimum atomic E-state index is 0.153.